The van der Waals surface area contributed by atoms with Crippen LogP contribution in [0, 0.1) is 6.92 Å². The van der Waals surface area contributed by atoms with Gasteiger partial charge in [0.05, 0.1) is 11.1 Å². The smallest absolute Gasteiger partial charge is 0.490 e. The second-order valence-corrected chi connectivity index (χ2v) is 8.26. The summed E-state index contributed by atoms with van der Waals surface area (Å²) < 4.78 is 37.4. The van der Waals surface area contributed by atoms with E-state index in [0.29, 0.717) is 25.2 Å². The SMILES string of the molecule is CC(=O)c1c(O)c(C)c(O)c2c1OC1=CC(=O)/C(=C(/C)NCCCN)C(=O)[C@@]12C.O=C(O)C(F)(F)F. The highest BCUT2D eigenvalue weighted by Crippen LogP contribution is 2.57. The second-order valence-electron chi connectivity index (χ2n) is 8.26. The number of hydrogen-bond acceptors (Lipinski definition) is 9. The molecule has 0 saturated carbocycles. The van der Waals surface area contributed by atoms with E-state index in [0.717, 1.165) is 0 Å². The summed E-state index contributed by atoms with van der Waals surface area (Å²) in [6, 6.07) is 0. The van der Waals surface area contributed by atoms with Gasteiger partial charge in [0.25, 0.3) is 0 Å². The molecule has 10 nitrogen and oxygen atoms in total. The number of phenolic OH excluding ortho intramolecular Hbond substituents is 2. The van der Waals surface area contributed by atoms with Gasteiger partial charge in [-0.05, 0) is 40.7 Å². The second kappa shape index (κ2) is 10.0. The summed E-state index contributed by atoms with van der Waals surface area (Å²) in [7, 11) is 0. The minimum absolute atomic E-state index is 0.0174. The van der Waals surface area contributed by atoms with E-state index in [1.165, 1.54) is 26.8 Å². The molecule has 1 aliphatic carbocycles. The zero-order valence-corrected chi connectivity index (χ0v) is 19.8. The minimum atomic E-state index is -5.08. The monoisotopic (exact) mass is 514 g/mol. The van der Waals surface area contributed by atoms with Crippen molar-refractivity contribution in [1.82, 2.24) is 5.32 Å². The molecule has 13 heteroatoms. The van der Waals surface area contributed by atoms with Crippen molar-refractivity contribution in [3.8, 4) is 17.2 Å². The average molecular weight is 514 g/mol. The van der Waals surface area contributed by atoms with Gasteiger partial charge in [0, 0.05) is 23.9 Å². The van der Waals surface area contributed by atoms with Crippen molar-refractivity contribution in [1.29, 1.82) is 0 Å². The van der Waals surface area contributed by atoms with Crippen LogP contribution in [0.2, 0.25) is 0 Å². The quantitative estimate of drug-likeness (QED) is 0.169. The maximum atomic E-state index is 13.5. The number of aromatic hydroxyl groups is 2. The molecule has 0 aromatic heterocycles. The average Bonchev–Trinajstić information content (AvgIpc) is 3.05. The third kappa shape index (κ3) is 4.78. The Morgan fingerprint density at radius 3 is 2.19 bits per heavy atom. The number of hydrogen-bond donors (Lipinski definition) is 5. The van der Waals surface area contributed by atoms with E-state index in [4.69, 9.17) is 20.4 Å². The number of carbonyl (C=O) groups is 4. The lowest BCUT2D eigenvalue weighted by Gasteiger charge is -2.29. The van der Waals surface area contributed by atoms with E-state index >= 15 is 0 Å². The molecule has 1 atom stereocenters. The van der Waals surface area contributed by atoms with Gasteiger partial charge in [-0.2, -0.15) is 13.2 Å². The molecule has 2 aliphatic rings. The topological polar surface area (TPSA) is 176 Å². The van der Waals surface area contributed by atoms with Crippen LogP contribution in [0.3, 0.4) is 0 Å². The van der Waals surface area contributed by atoms with Crippen LogP contribution < -0.4 is 15.8 Å². The number of halogens is 3. The van der Waals surface area contributed by atoms with Crippen LogP contribution >= 0.6 is 0 Å². The minimum Gasteiger partial charge on any atom is -0.507 e. The predicted octanol–water partition coefficient (Wildman–Crippen LogP) is 2.14. The Hall–Kier alpha value is -3.87. The number of benzene rings is 1. The van der Waals surface area contributed by atoms with Gasteiger partial charge in [0.2, 0.25) is 0 Å². The molecule has 0 saturated heterocycles. The van der Waals surface area contributed by atoms with E-state index in [9.17, 15) is 37.8 Å². The van der Waals surface area contributed by atoms with Crippen LogP contribution in [0.1, 0.15) is 48.7 Å². The molecule has 1 aromatic carbocycles. The number of nitrogens with two attached hydrogens (primary N) is 1. The van der Waals surface area contributed by atoms with Crippen molar-refractivity contribution in [3.05, 3.63) is 39.8 Å². The summed E-state index contributed by atoms with van der Waals surface area (Å²) in [6.07, 6.45) is -3.22. The molecule has 0 amide bonds. The molecule has 0 fully saturated rings. The number of ether oxygens (including phenoxy) is 1. The predicted molar refractivity (Wildman–Crippen MR) is 119 cm³/mol. The Labute approximate surface area is 203 Å². The van der Waals surface area contributed by atoms with Crippen molar-refractivity contribution < 1.29 is 52.4 Å². The van der Waals surface area contributed by atoms with Gasteiger partial charge in [-0.15, -0.1) is 0 Å². The van der Waals surface area contributed by atoms with Crippen LogP contribution in [-0.2, 0) is 19.8 Å². The van der Waals surface area contributed by atoms with Crippen LogP contribution in [0.5, 0.6) is 17.2 Å². The fourth-order valence-electron chi connectivity index (χ4n) is 3.83. The normalized spacial score (nSPS) is 19.8. The summed E-state index contributed by atoms with van der Waals surface area (Å²) in [4.78, 5) is 47.2. The standard InChI is InChI=1S/C21H24N2O6.C2HF3O2/c1-9-17(26)15(11(3)24)19-16(18(9)27)21(4)13(29-19)8-12(25)14(20(21)28)10(2)23-7-5-6-22;3-2(4,5)1(6)7/h8,23,26-27H,5-7,22H2,1-4H3;(H,6,7)/b14-10+;/t21-;/m0./s1. The van der Waals surface area contributed by atoms with Gasteiger partial charge in [0.15, 0.2) is 17.3 Å². The Balaban J connectivity index is 0.000000572. The summed E-state index contributed by atoms with van der Waals surface area (Å²) in [5.41, 5.74) is 4.36. The van der Waals surface area contributed by atoms with Gasteiger partial charge in [-0.1, -0.05) is 0 Å². The Morgan fingerprint density at radius 1 is 1.17 bits per heavy atom. The number of ketones is 3. The van der Waals surface area contributed by atoms with E-state index in [2.05, 4.69) is 5.32 Å². The number of fused-ring (bicyclic) bond motifs is 3. The number of nitrogens with one attached hydrogen (secondary N) is 1. The zero-order chi connectivity index (χ0) is 27.7. The van der Waals surface area contributed by atoms with Crippen LogP contribution in [-0.4, -0.2) is 57.9 Å². The Kier molecular flexibility index (Phi) is 7.89. The highest BCUT2D eigenvalue weighted by atomic mass is 19.4. The molecule has 1 aromatic rings. The van der Waals surface area contributed by atoms with Crippen molar-refractivity contribution in [3.63, 3.8) is 0 Å². The molecule has 1 aliphatic heterocycles. The molecule has 36 heavy (non-hydrogen) atoms. The number of phenols is 2. The molecule has 196 valence electrons. The van der Waals surface area contributed by atoms with Crippen molar-refractivity contribution in [2.24, 2.45) is 5.73 Å². The van der Waals surface area contributed by atoms with E-state index in [-0.39, 0.29) is 39.5 Å². The largest absolute Gasteiger partial charge is 0.507 e. The number of allylic oxidation sites excluding steroid dienone is 4. The highest BCUT2D eigenvalue weighted by molar-refractivity contribution is 6.31. The van der Waals surface area contributed by atoms with Crippen molar-refractivity contribution in [2.75, 3.05) is 13.1 Å². The molecule has 3 rings (SSSR count). The highest BCUT2D eigenvalue weighted by Gasteiger charge is 2.56. The molecule has 0 unspecified atom stereocenters. The fourth-order valence-corrected chi connectivity index (χ4v) is 3.83. The lowest BCUT2D eigenvalue weighted by molar-refractivity contribution is -0.192. The van der Waals surface area contributed by atoms with Crippen LogP contribution in [0.4, 0.5) is 13.2 Å². The summed E-state index contributed by atoms with van der Waals surface area (Å²) in [5.74, 6) is -5.16. The number of aliphatic carboxylic acids is 1. The lowest BCUT2D eigenvalue weighted by atomic mass is 9.70. The van der Waals surface area contributed by atoms with E-state index < -0.39 is 40.7 Å². The van der Waals surface area contributed by atoms with Crippen molar-refractivity contribution >= 4 is 23.3 Å². The first-order chi connectivity index (χ1) is 16.5. The number of rotatable bonds is 5. The van der Waals surface area contributed by atoms with Crippen LogP contribution in [0.15, 0.2) is 23.1 Å². The fraction of sp³-hybridized carbons (Fsp3) is 0.391. The number of carbonyl (C=O) groups excluding carboxylic acids is 3. The first-order valence-corrected chi connectivity index (χ1v) is 10.6. The summed E-state index contributed by atoms with van der Waals surface area (Å²) >= 11 is 0. The summed E-state index contributed by atoms with van der Waals surface area (Å²) in [6.45, 7) is 6.82. The zero-order valence-electron chi connectivity index (χ0n) is 19.8. The van der Waals surface area contributed by atoms with Gasteiger partial charge < -0.3 is 31.1 Å². The summed E-state index contributed by atoms with van der Waals surface area (Å²) in [5, 5.41) is 31.2. The van der Waals surface area contributed by atoms with E-state index in [1.54, 1.807) is 6.92 Å². The number of alkyl halides is 3. The molecule has 0 radical (unpaired) electrons. The third-order valence-corrected chi connectivity index (χ3v) is 5.77. The Morgan fingerprint density at radius 2 is 1.72 bits per heavy atom. The first-order valence-electron chi connectivity index (χ1n) is 10.6. The van der Waals surface area contributed by atoms with Crippen LogP contribution in [0.25, 0.3) is 0 Å². The molecular weight excluding hydrogens is 489 g/mol. The molecule has 6 N–H and O–H groups in total. The molecule has 1 heterocycles. The number of Topliss-reactive ketones (excluding diaryl/α,β-unsaturated/α-hetero) is 2. The number of carboxylic acids is 1. The third-order valence-electron chi connectivity index (χ3n) is 5.77. The maximum Gasteiger partial charge on any atom is 0.490 e. The molecular formula is C23H25F3N2O8. The first kappa shape index (κ1) is 28.4. The molecule has 0 bridgehead atoms. The lowest BCUT2D eigenvalue weighted by Crippen LogP contribution is -2.41. The Bertz CT molecular complexity index is 1220. The number of carboxylic acid groups (broad SMARTS) is 1. The molecule has 0 spiro atoms. The van der Waals surface area contributed by atoms with Gasteiger partial charge in [-0.3, -0.25) is 14.4 Å². The van der Waals surface area contributed by atoms with Gasteiger partial charge >= 0.3 is 12.1 Å². The maximum absolute atomic E-state index is 13.5. The van der Waals surface area contributed by atoms with Crippen molar-refractivity contribution in [2.45, 2.75) is 45.7 Å². The van der Waals surface area contributed by atoms with Gasteiger partial charge in [0.1, 0.15) is 34.0 Å². The van der Waals surface area contributed by atoms with E-state index in [1.807, 2.05) is 0 Å². The van der Waals surface area contributed by atoms with Gasteiger partial charge in [-0.25, -0.2) is 4.79 Å².